The van der Waals surface area contributed by atoms with Gasteiger partial charge in [0.05, 0.1) is 5.92 Å². The monoisotopic (exact) mass is 393 g/mol. The fourth-order valence-corrected chi connectivity index (χ4v) is 4.88. The zero-order valence-electron chi connectivity index (χ0n) is 17.9. The van der Waals surface area contributed by atoms with Crippen molar-refractivity contribution in [1.29, 1.82) is 0 Å². The van der Waals surface area contributed by atoms with Gasteiger partial charge in [0.1, 0.15) is 0 Å². The average molecular weight is 394 g/mol. The Morgan fingerprint density at radius 1 is 1.04 bits per heavy atom. The Morgan fingerprint density at radius 2 is 1.68 bits per heavy atom. The van der Waals surface area contributed by atoms with Crippen LogP contribution < -0.4 is 0 Å². The van der Waals surface area contributed by atoms with Crippen LogP contribution in [-0.4, -0.2) is 22.9 Å². The summed E-state index contributed by atoms with van der Waals surface area (Å²) in [6.45, 7) is 13.6. The molecule has 0 fully saturated rings. The predicted molar refractivity (Wildman–Crippen MR) is 119 cm³/mol. The van der Waals surface area contributed by atoms with Crippen LogP contribution in [0.3, 0.4) is 0 Å². The Morgan fingerprint density at radius 3 is 2.29 bits per heavy atom. The molecule has 0 spiro atoms. The number of benzene rings is 2. The van der Waals surface area contributed by atoms with Crippen molar-refractivity contribution in [2.75, 3.05) is 6.54 Å². The smallest absolute Gasteiger partial charge is 0.235 e. The number of carbonyl (C=O) groups is 1. The quantitative estimate of drug-likeness (QED) is 0.546. The molecule has 0 saturated carbocycles. The largest absolute Gasteiger partial charge is 0.333 e. The van der Waals surface area contributed by atoms with Gasteiger partial charge in [-0.1, -0.05) is 65.7 Å². The summed E-state index contributed by atoms with van der Waals surface area (Å²) in [5.74, 6) is 0.0408. The third-order valence-electron chi connectivity index (χ3n) is 5.47. The minimum atomic E-state index is -0.188. The molecule has 1 unspecified atom stereocenters. The van der Waals surface area contributed by atoms with Crippen LogP contribution in [0.4, 0.5) is 0 Å². The van der Waals surface area contributed by atoms with Gasteiger partial charge in [-0.15, -0.1) is 0 Å². The maximum Gasteiger partial charge on any atom is 0.235 e. The first-order chi connectivity index (χ1) is 13.2. The molecular weight excluding hydrogens is 362 g/mol. The Labute approximate surface area is 174 Å². The van der Waals surface area contributed by atoms with Gasteiger partial charge in [-0.25, -0.2) is 0 Å². The normalized spacial score (nSPS) is 18.0. The molecule has 0 bridgehead atoms. The van der Waals surface area contributed by atoms with Crippen molar-refractivity contribution in [2.45, 2.75) is 69.2 Å². The summed E-state index contributed by atoms with van der Waals surface area (Å²) < 4.78 is 0. The van der Waals surface area contributed by atoms with E-state index < -0.39 is 0 Å². The molecule has 1 heterocycles. The zero-order valence-corrected chi connectivity index (χ0v) is 18.7. The second kappa shape index (κ2) is 8.16. The molecule has 1 atom stereocenters. The van der Waals surface area contributed by atoms with E-state index in [0.29, 0.717) is 0 Å². The lowest BCUT2D eigenvalue weighted by Crippen LogP contribution is -2.51. The van der Waals surface area contributed by atoms with E-state index in [1.54, 1.807) is 11.8 Å². The van der Waals surface area contributed by atoms with E-state index in [1.165, 1.54) is 26.5 Å². The number of carbonyl (C=O) groups excluding carboxylic acids is 1. The van der Waals surface area contributed by atoms with E-state index in [0.717, 1.165) is 18.5 Å². The van der Waals surface area contributed by atoms with Gasteiger partial charge < -0.3 is 4.90 Å². The van der Waals surface area contributed by atoms with Crippen LogP contribution in [0.5, 0.6) is 0 Å². The first-order valence-electron chi connectivity index (χ1n) is 10.1. The van der Waals surface area contributed by atoms with E-state index in [-0.39, 0.29) is 17.4 Å². The molecule has 0 saturated heterocycles. The second-order valence-electron chi connectivity index (χ2n) is 8.64. The summed E-state index contributed by atoms with van der Waals surface area (Å²) in [7, 11) is 0. The Balaban J connectivity index is 2.06. The maximum absolute atomic E-state index is 13.6. The molecule has 0 radical (unpaired) electrons. The van der Waals surface area contributed by atoms with Gasteiger partial charge >= 0.3 is 0 Å². The van der Waals surface area contributed by atoms with Gasteiger partial charge in [-0.2, -0.15) is 0 Å². The lowest BCUT2D eigenvalue weighted by Gasteiger charge is -2.43. The molecule has 3 heteroatoms. The van der Waals surface area contributed by atoms with Crippen molar-refractivity contribution >= 4 is 17.7 Å². The first kappa shape index (κ1) is 20.7. The third kappa shape index (κ3) is 4.20. The van der Waals surface area contributed by atoms with E-state index in [4.69, 9.17) is 0 Å². The van der Waals surface area contributed by atoms with Crippen LogP contribution in [-0.2, 0) is 4.79 Å². The molecule has 0 aromatic heterocycles. The summed E-state index contributed by atoms with van der Waals surface area (Å²) in [5, 5.41) is 0. The number of nitrogens with zero attached hydrogens (tertiary/aromatic N) is 1. The minimum Gasteiger partial charge on any atom is -0.333 e. The van der Waals surface area contributed by atoms with Crippen LogP contribution in [0, 0.1) is 6.92 Å². The van der Waals surface area contributed by atoms with Crippen molar-refractivity contribution in [1.82, 2.24) is 4.90 Å². The predicted octanol–water partition coefficient (Wildman–Crippen LogP) is 6.60. The molecule has 1 amide bonds. The molecule has 3 rings (SSSR count). The topological polar surface area (TPSA) is 20.3 Å². The fraction of sp³-hybridized carbons (Fsp3) is 0.400. The van der Waals surface area contributed by atoms with Crippen LogP contribution in [0.2, 0.25) is 0 Å². The lowest BCUT2D eigenvalue weighted by atomic mass is 9.81. The molecule has 2 aromatic carbocycles. The molecule has 0 aliphatic carbocycles. The van der Waals surface area contributed by atoms with Crippen molar-refractivity contribution in [3.05, 3.63) is 70.8 Å². The SMILES string of the molecule is CCC1=C(C)CN(C(C)(C)C)C(=O)C1c1ccccc1Sc1ccc(C)cc1. The highest BCUT2D eigenvalue weighted by Crippen LogP contribution is 2.42. The van der Waals surface area contributed by atoms with E-state index in [1.807, 2.05) is 4.90 Å². The van der Waals surface area contributed by atoms with Gasteiger partial charge in [-0.05, 0) is 64.8 Å². The van der Waals surface area contributed by atoms with Gasteiger partial charge in [0.2, 0.25) is 5.91 Å². The summed E-state index contributed by atoms with van der Waals surface area (Å²) in [6, 6.07) is 17.0. The van der Waals surface area contributed by atoms with Crippen molar-refractivity contribution in [3.8, 4) is 0 Å². The number of amides is 1. The molecule has 2 aromatic rings. The number of hydrogen-bond donors (Lipinski definition) is 0. The molecule has 1 aliphatic heterocycles. The molecule has 28 heavy (non-hydrogen) atoms. The second-order valence-corrected chi connectivity index (χ2v) is 9.76. The number of aryl methyl sites for hydroxylation is 1. The van der Waals surface area contributed by atoms with E-state index in [2.05, 4.69) is 90.1 Å². The van der Waals surface area contributed by atoms with E-state index in [9.17, 15) is 4.79 Å². The van der Waals surface area contributed by atoms with Crippen LogP contribution >= 0.6 is 11.8 Å². The number of hydrogen-bond acceptors (Lipinski definition) is 2. The summed E-state index contributed by atoms with van der Waals surface area (Å²) >= 11 is 1.75. The Bertz CT molecular complexity index is 890. The highest BCUT2D eigenvalue weighted by atomic mass is 32.2. The van der Waals surface area contributed by atoms with Crippen LogP contribution in [0.25, 0.3) is 0 Å². The van der Waals surface area contributed by atoms with Crippen molar-refractivity contribution in [2.24, 2.45) is 0 Å². The fourth-order valence-electron chi connectivity index (χ4n) is 3.91. The van der Waals surface area contributed by atoms with Crippen molar-refractivity contribution in [3.63, 3.8) is 0 Å². The summed E-state index contributed by atoms with van der Waals surface area (Å²) in [5.41, 5.74) is 4.81. The number of rotatable bonds is 4. The van der Waals surface area contributed by atoms with Crippen LogP contribution in [0.15, 0.2) is 69.5 Å². The summed E-state index contributed by atoms with van der Waals surface area (Å²) in [6.07, 6.45) is 0.907. The minimum absolute atomic E-state index is 0.186. The average Bonchev–Trinajstić information content (AvgIpc) is 2.64. The summed E-state index contributed by atoms with van der Waals surface area (Å²) in [4.78, 5) is 18.0. The molecule has 1 aliphatic rings. The molecule has 2 nitrogen and oxygen atoms in total. The third-order valence-corrected chi connectivity index (χ3v) is 6.57. The van der Waals surface area contributed by atoms with Gasteiger partial charge in [0, 0.05) is 21.9 Å². The van der Waals surface area contributed by atoms with Gasteiger partial charge in [0.15, 0.2) is 0 Å². The zero-order chi connectivity index (χ0) is 20.5. The highest BCUT2D eigenvalue weighted by molar-refractivity contribution is 7.99. The molecule has 0 N–H and O–H groups in total. The standard InChI is InChI=1S/C25H31NOS/c1-7-20-18(3)16-26(25(4,5)6)24(27)23(20)21-10-8-9-11-22(21)28-19-14-12-17(2)13-15-19/h8-15,23H,7,16H2,1-6H3. The lowest BCUT2D eigenvalue weighted by molar-refractivity contribution is -0.137. The molecule has 148 valence electrons. The van der Waals surface area contributed by atoms with Gasteiger partial charge in [0.25, 0.3) is 0 Å². The molecular formula is C25H31NOS. The van der Waals surface area contributed by atoms with Crippen molar-refractivity contribution < 1.29 is 4.79 Å². The van der Waals surface area contributed by atoms with Gasteiger partial charge in [-0.3, -0.25) is 4.79 Å². The Kier molecular flexibility index (Phi) is 6.04. The maximum atomic E-state index is 13.6. The van der Waals surface area contributed by atoms with Crippen LogP contribution in [0.1, 0.15) is 58.1 Å². The Hall–Kier alpha value is -2.00. The van der Waals surface area contributed by atoms with E-state index >= 15 is 0 Å². The highest BCUT2D eigenvalue weighted by Gasteiger charge is 2.39. The first-order valence-corrected chi connectivity index (χ1v) is 10.9.